The van der Waals surface area contributed by atoms with Crippen molar-refractivity contribution in [2.75, 3.05) is 6.61 Å². The van der Waals surface area contributed by atoms with E-state index in [1.54, 1.807) is 12.1 Å². The molecule has 0 fully saturated rings. The lowest BCUT2D eigenvalue weighted by Crippen LogP contribution is -2.11. The largest absolute Gasteiger partial charge is 0.392 e. The Hall–Kier alpha value is -1.13. The summed E-state index contributed by atoms with van der Waals surface area (Å²) in [5, 5.41) is 10.2. The molecule has 14 heavy (non-hydrogen) atoms. The highest BCUT2D eigenvalue weighted by atomic mass is 32.2. The average molecular weight is 210 g/mol. The molecule has 1 aromatic rings. The second kappa shape index (κ2) is 3.22. The Balaban J connectivity index is 2.65. The topological polar surface area (TPSA) is 54.4 Å². The van der Waals surface area contributed by atoms with Gasteiger partial charge in [0.05, 0.1) is 12.4 Å². The number of aliphatic hydroxyl groups excluding tert-OH is 1. The molecule has 0 unspecified atom stereocenters. The second-order valence-electron chi connectivity index (χ2n) is 3.27. The van der Waals surface area contributed by atoms with E-state index in [1.807, 2.05) is 12.1 Å². The fraction of sp³-hybridized carbons (Fsp3) is 0.200. The molecule has 0 atom stereocenters. The van der Waals surface area contributed by atoms with E-state index < -0.39 is 9.84 Å². The first-order valence-corrected chi connectivity index (χ1v) is 5.96. The third-order valence-electron chi connectivity index (χ3n) is 2.21. The molecule has 0 saturated heterocycles. The highest BCUT2D eigenvalue weighted by molar-refractivity contribution is 7.93. The molecule has 4 heteroatoms. The van der Waals surface area contributed by atoms with Gasteiger partial charge in [0.1, 0.15) is 0 Å². The smallest absolute Gasteiger partial charge is 0.176 e. The van der Waals surface area contributed by atoms with Crippen LogP contribution in [-0.2, 0) is 15.6 Å². The molecule has 0 aromatic heterocycles. The van der Waals surface area contributed by atoms with Crippen LogP contribution < -0.4 is 0 Å². The molecule has 0 radical (unpaired) electrons. The standard InChI is InChI=1S/C10H10O3S/c11-5-9-7-14(12,13)6-8-3-1-2-4-10(8)9/h1-4,7,11H,5-6H2. The predicted molar refractivity (Wildman–Crippen MR) is 54.1 cm³/mol. The summed E-state index contributed by atoms with van der Waals surface area (Å²) < 4.78 is 22.8. The molecule has 1 aliphatic rings. The fourth-order valence-corrected chi connectivity index (χ4v) is 3.02. The summed E-state index contributed by atoms with van der Waals surface area (Å²) in [4.78, 5) is 0. The summed E-state index contributed by atoms with van der Waals surface area (Å²) in [6, 6.07) is 7.23. The first kappa shape index (κ1) is 9.43. The number of hydrogen-bond donors (Lipinski definition) is 1. The number of aliphatic hydroxyl groups is 1. The highest BCUT2D eigenvalue weighted by Crippen LogP contribution is 2.27. The van der Waals surface area contributed by atoms with E-state index in [4.69, 9.17) is 5.11 Å². The van der Waals surface area contributed by atoms with E-state index in [1.165, 1.54) is 0 Å². The highest BCUT2D eigenvalue weighted by Gasteiger charge is 2.20. The Morgan fingerprint density at radius 3 is 2.71 bits per heavy atom. The van der Waals surface area contributed by atoms with Gasteiger partial charge in [0.25, 0.3) is 0 Å². The summed E-state index contributed by atoms with van der Waals surface area (Å²) in [5.74, 6) is 0.0344. The van der Waals surface area contributed by atoms with Gasteiger partial charge in [-0.15, -0.1) is 0 Å². The summed E-state index contributed by atoms with van der Waals surface area (Å²) in [6.45, 7) is -0.240. The average Bonchev–Trinajstić information content (AvgIpc) is 2.15. The van der Waals surface area contributed by atoms with Gasteiger partial charge in [-0.25, -0.2) is 8.42 Å². The maximum atomic E-state index is 11.4. The lowest BCUT2D eigenvalue weighted by Gasteiger charge is -2.15. The van der Waals surface area contributed by atoms with Crippen molar-refractivity contribution in [1.29, 1.82) is 0 Å². The Morgan fingerprint density at radius 1 is 1.29 bits per heavy atom. The molecular formula is C10H10O3S. The van der Waals surface area contributed by atoms with Crippen molar-refractivity contribution in [3.63, 3.8) is 0 Å². The second-order valence-corrected chi connectivity index (χ2v) is 5.12. The monoisotopic (exact) mass is 210 g/mol. The molecule has 1 aromatic carbocycles. The normalized spacial score (nSPS) is 18.5. The van der Waals surface area contributed by atoms with Gasteiger partial charge >= 0.3 is 0 Å². The molecule has 2 rings (SSSR count). The third kappa shape index (κ3) is 1.58. The molecular weight excluding hydrogens is 200 g/mol. The first-order valence-electron chi connectivity index (χ1n) is 4.25. The number of benzene rings is 1. The summed E-state index contributed by atoms with van der Waals surface area (Å²) in [5.41, 5.74) is 2.08. The summed E-state index contributed by atoms with van der Waals surface area (Å²) in [7, 11) is -3.18. The van der Waals surface area contributed by atoms with Gasteiger partial charge in [-0.3, -0.25) is 0 Å². The molecule has 3 nitrogen and oxygen atoms in total. The van der Waals surface area contributed by atoms with Crippen LogP contribution in [0.5, 0.6) is 0 Å². The van der Waals surface area contributed by atoms with E-state index >= 15 is 0 Å². The fourth-order valence-electron chi connectivity index (χ4n) is 1.62. The Labute approximate surface area is 82.6 Å². The van der Waals surface area contributed by atoms with Crippen LogP contribution in [0, 0.1) is 0 Å². The van der Waals surface area contributed by atoms with Crippen molar-refractivity contribution in [2.24, 2.45) is 0 Å². The van der Waals surface area contributed by atoms with Crippen molar-refractivity contribution in [3.8, 4) is 0 Å². The van der Waals surface area contributed by atoms with Crippen molar-refractivity contribution in [3.05, 3.63) is 40.8 Å². The van der Waals surface area contributed by atoms with E-state index in [9.17, 15) is 8.42 Å². The maximum Gasteiger partial charge on any atom is 0.176 e. The molecule has 0 saturated carbocycles. The molecule has 0 amide bonds. The van der Waals surface area contributed by atoms with Gasteiger partial charge in [0, 0.05) is 5.41 Å². The third-order valence-corrected chi connectivity index (χ3v) is 3.57. The predicted octanol–water partition coefficient (Wildman–Crippen LogP) is 0.948. The number of rotatable bonds is 1. The number of fused-ring (bicyclic) bond motifs is 1. The minimum absolute atomic E-state index is 0.0344. The van der Waals surface area contributed by atoms with Crippen LogP contribution in [0.1, 0.15) is 11.1 Å². The van der Waals surface area contributed by atoms with Crippen molar-refractivity contribution >= 4 is 15.4 Å². The van der Waals surface area contributed by atoms with Crippen LogP contribution in [0.2, 0.25) is 0 Å². The van der Waals surface area contributed by atoms with E-state index in [-0.39, 0.29) is 12.4 Å². The minimum atomic E-state index is -3.18. The molecule has 0 aliphatic carbocycles. The van der Waals surface area contributed by atoms with E-state index in [2.05, 4.69) is 0 Å². The lowest BCUT2D eigenvalue weighted by atomic mass is 10.0. The zero-order valence-electron chi connectivity index (χ0n) is 7.47. The van der Waals surface area contributed by atoms with Crippen LogP contribution in [-0.4, -0.2) is 20.1 Å². The lowest BCUT2D eigenvalue weighted by molar-refractivity contribution is 0.350. The molecule has 1 aliphatic heterocycles. The molecule has 0 spiro atoms. The van der Waals surface area contributed by atoms with E-state index in [0.29, 0.717) is 5.57 Å². The Morgan fingerprint density at radius 2 is 2.00 bits per heavy atom. The first-order chi connectivity index (χ1) is 6.62. The van der Waals surface area contributed by atoms with Crippen molar-refractivity contribution in [2.45, 2.75) is 5.75 Å². The van der Waals surface area contributed by atoms with Crippen molar-refractivity contribution < 1.29 is 13.5 Å². The Bertz CT molecular complexity index is 486. The SMILES string of the molecule is O=S1(=O)C=C(CO)c2ccccc2C1. The van der Waals surface area contributed by atoms with Gasteiger partial charge in [0.15, 0.2) is 9.84 Å². The minimum Gasteiger partial charge on any atom is -0.392 e. The summed E-state index contributed by atoms with van der Waals surface area (Å²) >= 11 is 0. The maximum absolute atomic E-state index is 11.4. The van der Waals surface area contributed by atoms with Gasteiger partial charge < -0.3 is 5.11 Å². The molecule has 1 heterocycles. The quantitative estimate of drug-likeness (QED) is 0.750. The van der Waals surface area contributed by atoms with Crippen molar-refractivity contribution in [1.82, 2.24) is 0 Å². The summed E-state index contributed by atoms with van der Waals surface area (Å²) in [6.07, 6.45) is 0. The molecule has 0 bridgehead atoms. The van der Waals surface area contributed by atoms with Crippen LogP contribution in [0.4, 0.5) is 0 Å². The molecule has 74 valence electrons. The van der Waals surface area contributed by atoms with Gasteiger partial charge in [0.2, 0.25) is 0 Å². The number of sulfone groups is 1. The van der Waals surface area contributed by atoms with Gasteiger partial charge in [-0.2, -0.15) is 0 Å². The van der Waals surface area contributed by atoms with Crippen LogP contribution in [0.15, 0.2) is 29.7 Å². The van der Waals surface area contributed by atoms with Crippen LogP contribution in [0.3, 0.4) is 0 Å². The zero-order chi connectivity index (χ0) is 10.2. The van der Waals surface area contributed by atoms with Crippen LogP contribution >= 0.6 is 0 Å². The van der Waals surface area contributed by atoms with Gasteiger partial charge in [-0.05, 0) is 16.7 Å². The Kier molecular flexibility index (Phi) is 2.17. The zero-order valence-corrected chi connectivity index (χ0v) is 8.29. The van der Waals surface area contributed by atoms with Gasteiger partial charge in [-0.1, -0.05) is 24.3 Å². The van der Waals surface area contributed by atoms with E-state index in [0.717, 1.165) is 16.5 Å². The molecule has 1 N–H and O–H groups in total. The van der Waals surface area contributed by atoms with Crippen LogP contribution in [0.25, 0.3) is 5.57 Å². The number of hydrogen-bond acceptors (Lipinski definition) is 3.